The van der Waals surface area contributed by atoms with E-state index in [1.54, 1.807) is 7.11 Å². The van der Waals surface area contributed by atoms with Crippen LogP contribution >= 0.6 is 0 Å². The van der Waals surface area contributed by atoms with Crippen molar-refractivity contribution in [2.45, 2.75) is 19.3 Å². The van der Waals surface area contributed by atoms with E-state index in [0.29, 0.717) is 0 Å². The molecule has 1 aromatic carbocycles. The van der Waals surface area contributed by atoms with Crippen LogP contribution in [-0.2, 0) is 4.74 Å². The molecule has 1 aromatic rings. The molecule has 0 aromatic heterocycles. The van der Waals surface area contributed by atoms with Gasteiger partial charge < -0.3 is 4.74 Å². The molecule has 1 rings (SSSR count). The fourth-order valence-corrected chi connectivity index (χ4v) is 1.29. The van der Waals surface area contributed by atoms with Gasteiger partial charge in [-0.15, -0.1) is 0 Å². The Morgan fingerprint density at radius 2 is 1.93 bits per heavy atom. The number of ether oxygens (including phenoxy) is 1. The Morgan fingerprint density at radius 3 is 2.64 bits per heavy atom. The van der Waals surface area contributed by atoms with E-state index in [-0.39, 0.29) is 0 Å². The Hall–Kier alpha value is -1.08. The standard InChI is InChI=1S/C13H18O/c1-14-12-8-3-2-5-9-13-10-6-4-7-11-13/h4-7,9-11H,2-3,8,12H2,1H3/b9-5+. The van der Waals surface area contributed by atoms with Crippen LogP contribution in [0.15, 0.2) is 36.4 Å². The molecule has 0 unspecified atom stereocenters. The molecule has 0 spiro atoms. The van der Waals surface area contributed by atoms with Gasteiger partial charge in [0.2, 0.25) is 0 Å². The Labute approximate surface area is 86.4 Å². The molecule has 0 atom stereocenters. The fraction of sp³-hybridized carbons (Fsp3) is 0.385. The minimum absolute atomic E-state index is 0.874. The molecule has 1 nitrogen and oxygen atoms in total. The van der Waals surface area contributed by atoms with Gasteiger partial charge in [0, 0.05) is 13.7 Å². The summed E-state index contributed by atoms with van der Waals surface area (Å²) in [6.45, 7) is 0.874. The SMILES string of the molecule is COCCCC/C=C/c1ccccc1. The zero-order chi connectivity index (χ0) is 10.1. The van der Waals surface area contributed by atoms with Crippen LogP contribution in [0.4, 0.5) is 0 Å². The highest BCUT2D eigenvalue weighted by molar-refractivity contribution is 5.48. The number of hydrogen-bond acceptors (Lipinski definition) is 1. The number of rotatable bonds is 6. The normalized spacial score (nSPS) is 10.9. The number of allylic oxidation sites excluding steroid dienone is 1. The lowest BCUT2D eigenvalue weighted by Gasteiger charge is -1.95. The first-order valence-electron chi connectivity index (χ1n) is 5.14. The van der Waals surface area contributed by atoms with Crippen molar-refractivity contribution in [1.82, 2.24) is 0 Å². The molecule has 0 bridgehead atoms. The first-order valence-corrected chi connectivity index (χ1v) is 5.14. The highest BCUT2D eigenvalue weighted by atomic mass is 16.5. The molecular formula is C13H18O. The summed E-state index contributed by atoms with van der Waals surface area (Å²) in [5.41, 5.74) is 1.28. The summed E-state index contributed by atoms with van der Waals surface area (Å²) < 4.78 is 4.98. The van der Waals surface area contributed by atoms with Crippen LogP contribution < -0.4 is 0 Å². The predicted molar refractivity (Wildman–Crippen MR) is 61.2 cm³/mol. The van der Waals surface area contributed by atoms with E-state index in [9.17, 15) is 0 Å². The van der Waals surface area contributed by atoms with E-state index < -0.39 is 0 Å². The summed E-state index contributed by atoms with van der Waals surface area (Å²) >= 11 is 0. The zero-order valence-corrected chi connectivity index (χ0v) is 8.78. The maximum Gasteiger partial charge on any atom is 0.0462 e. The van der Waals surface area contributed by atoms with Gasteiger partial charge in [-0.25, -0.2) is 0 Å². The molecule has 0 aliphatic heterocycles. The summed E-state index contributed by atoms with van der Waals surface area (Å²) in [5.74, 6) is 0. The van der Waals surface area contributed by atoms with Crippen LogP contribution in [-0.4, -0.2) is 13.7 Å². The molecule has 0 N–H and O–H groups in total. The summed E-state index contributed by atoms with van der Waals surface area (Å²) in [6.07, 6.45) is 7.89. The molecule has 0 heterocycles. The maximum atomic E-state index is 4.98. The molecule has 0 radical (unpaired) electrons. The predicted octanol–water partition coefficient (Wildman–Crippen LogP) is 3.52. The highest BCUT2D eigenvalue weighted by Gasteiger charge is 1.85. The Balaban J connectivity index is 2.15. The maximum absolute atomic E-state index is 4.98. The Kier molecular flexibility index (Phi) is 5.76. The van der Waals surface area contributed by atoms with Crippen LogP contribution in [0.5, 0.6) is 0 Å². The van der Waals surface area contributed by atoms with Gasteiger partial charge in [-0.1, -0.05) is 42.5 Å². The third-order valence-electron chi connectivity index (χ3n) is 2.08. The smallest absolute Gasteiger partial charge is 0.0462 e. The molecular weight excluding hydrogens is 172 g/mol. The lowest BCUT2D eigenvalue weighted by atomic mass is 10.2. The van der Waals surface area contributed by atoms with E-state index in [1.807, 2.05) is 6.07 Å². The van der Waals surface area contributed by atoms with Crippen molar-refractivity contribution >= 4 is 6.08 Å². The lowest BCUT2D eigenvalue weighted by Crippen LogP contribution is -1.86. The topological polar surface area (TPSA) is 9.23 Å². The van der Waals surface area contributed by atoms with Crippen molar-refractivity contribution in [3.63, 3.8) is 0 Å². The van der Waals surface area contributed by atoms with Crippen molar-refractivity contribution in [1.29, 1.82) is 0 Å². The van der Waals surface area contributed by atoms with Gasteiger partial charge in [0.15, 0.2) is 0 Å². The fourth-order valence-electron chi connectivity index (χ4n) is 1.29. The lowest BCUT2D eigenvalue weighted by molar-refractivity contribution is 0.193. The van der Waals surface area contributed by atoms with Crippen LogP contribution in [0, 0.1) is 0 Å². The highest BCUT2D eigenvalue weighted by Crippen LogP contribution is 2.04. The second kappa shape index (κ2) is 7.34. The minimum Gasteiger partial charge on any atom is -0.385 e. The molecule has 1 heteroatoms. The number of benzene rings is 1. The van der Waals surface area contributed by atoms with Gasteiger partial charge in [0.25, 0.3) is 0 Å². The second-order valence-electron chi connectivity index (χ2n) is 3.30. The summed E-state index contributed by atoms with van der Waals surface area (Å²) in [5, 5.41) is 0. The van der Waals surface area contributed by atoms with Crippen LogP contribution in [0.3, 0.4) is 0 Å². The van der Waals surface area contributed by atoms with Crippen molar-refractivity contribution in [3.8, 4) is 0 Å². The van der Waals surface area contributed by atoms with Gasteiger partial charge in [0.05, 0.1) is 0 Å². The molecule has 0 saturated heterocycles. The molecule has 0 amide bonds. The van der Waals surface area contributed by atoms with Crippen molar-refractivity contribution < 1.29 is 4.74 Å². The largest absolute Gasteiger partial charge is 0.385 e. The zero-order valence-electron chi connectivity index (χ0n) is 8.78. The van der Waals surface area contributed by atoms with E-state index in [4.69, 9.17) is 4.74 Å². The molecule has 0 aliphatic carbocycles. The first kappa shape index (κ1) is 11.0. The van der Waals surface area contributed by atoms with Gasteiger partial charge in [-0.2, -0.15) is 0 Å². The van der Waals surface area contributed by atoms with E-state index in [2.05, 4.69) is 36.4 Å². The average Bonchev–Trinajstić information content (AvgIpc) is 2.25. The number of methoxy groups -OCH3 is 1. The van der Waals surface area contributed by atoms with Crippen molar-refractivity contribution in [3.05, 3.63) is 42.0 Å². The molecule has 0 aliphatic rings. The third kappa shape index (κ3) is 4.83. The minimum atomic E-state index is 0.874. The van der Waals surface area contributed by atoms with Crippen LogP contribution in [0.25, 0.3) is 6.08 Å². The summed E-state index contributed by atoms with van der Waals surface area (Å²) in [6, 6.07) is 10.4. The van der Waals surface area contributed by atoms with Gasteiger partial charge in [-0.3, -0.25) is 0 Å². The monoisotopic (exact) mass is 190 g/mol. The number of unbranched alkanes of at least 4 members (excludes halogenated alkanes) is 2. The van der Waals surface area contributed by atoms with Crippen LogP contribution in [0.1, 0.15) is 24.8 Å². The molecule has 14 heavy (non-hydrogen) atoms. The third-order valence-corrected chi connectivity index (χ3v) is 2.08. The first-order chi connectivity index (χ1) is 6.93. The van der Waals surface area contributed by atoms with Crippen LogP contribution in [0.2, 0.25) is 0 Å². The Bertz CT molecular complexity index is 251. The van der Waals surface area contributed by atoms with Gasteiger partial charge in [0.1, 0.15) is 0 Å². The molecule has 76 valence electrons. The van der Waals surface area contributed by atoms with Gasteiger partial charge >= 0.3 is 0 Å². The number of hydrogen-bond donors (Lipinski definition) is 0. The van der Waals surface area contributed by atoms with E-state index in [1.165, 1.54) is 12.0 Å². The van der Waals surface area contributed by atoms with E-state index in [0.717, 1.165) is 19.4 Å². The van der Waals surface area contributed by atoms with E-state index >= 15 is 0 Å². The van der Waals surface area contributed by atoms with Crippen molar-refractivity contribution in [2.24, 2.45) is 0 Å². The second-order valence-corrected chi connectivity index (χ2v) is 3.30. The quantitative estimate of drug-likeness (QED) is 0.624. The van der Waals surface area contributed by atoms with Crippen molar-refractivity contribution in [2.75, 3.05) is 13.7 Å². The average molecular weight is 190 g/mol. The molecule has 0 fully saturated rings. The summed E-state index contributed by atoms with van der Waals surface area (Å²) in [7, 11) is 1.75. The Morgan fingerprint density at radius 1 is 1.14 bits per heavy atom. The molecule has 0 saturated carbocycles. The van der Waals surface area contributed by atoms with Gasteiger partial charge in [-0.05, 0) is 24.8 Å². The summed E-state index contributed by atoms with van der Waals surface area (Å²) in [4.78, 5) is 0.